The van der Waals surface area contributed by atoms with Gasteiger partial charge in [-0.3, -0.25) is 14.5 Å². The van der Waals surface area contributed by atoms with Gasteiger partial charge in [-0.05, 0) is 37.2 Å². The van der Waals surface area contributed by atoms with Gasteiger partial charge in [0.1, 0.15) is 5.58 Å². The molecule has 3 aromatic rings. The number of likely N-dealkylation sites (N-methyl/N-ethyl adjacent to an activating group) is 1. The summed E-state index contributed by atoms with van der Waals surface area (Å²) in [6.45, 7) is 6.51. The molecule has 0 saturated heterocycles. The van der Waals surface area contributed by atoms with E-state index in [1.807, 2.05) is 18.2 Å². The van der Waals surface area contributed by atoms with Crippen molar-refractivity contribution < 1.29 is 9.21 Å². The zero-order valence-corrected chi connectivity index (χ0v) is 16.4. The average Bonchev–Trinajstić information content (AvgIpc) is 2.73. The third-order valence-corrected chi connectivity index (χ3v) is 5.00. The summed E-state index contributed by atoms with van der Waals surface area (Å²) >= 11 is 0. The van der Waals surface area contributed by atoms with E-state index in [0.29, 0.717) is 17.5 Å². The highest BCUT2D eigenvalue weighted by Crippen LogP contribution is 2.12. The zero-order valence-electron chi connectivity index (χ0n) is 16.4. The Hall–Kier alpha value is -2.92. The largest absolute Gasteiger partial charge is 0.451 e. The van der Waals surface area contributed by atoms with Gasteiger partial charge in [0.25, 0.3) is 5.91 Å². The molecule has 0 aliphatic carbocycles. The van der Waals surface area contributed by atoms with Crippen molar-refractivity contribution >= 4 is 16.9 Å². The number of nitrogens with one attached hydrogen (secondary N) is 1. The summed E-state index contributed by atoms with van der Waals surface area (Å²) in [5.41, 5.74) is 1.44. The van der Waals surface area contributed by atoms with E-state index in [2.05, 4.69) is 36.2 Å². The lowest BCUT2D eigenvalue weighted by atomic mass is 10.0. The third-order valence-electron chi connectivity index (χ3n) is 5.00. The molecular weight excluding hydrogens is 352 g/mol. The molecule has 0 radical (unpaired) electrons. The number of carbonyl (C=O) groups is 1. The molecular formula is C23H26N2O3. The number of benzene rings is 2. The monoisotopic (exact) mass is 378 g/mol. The number of nitrogens with zero attached hydrogens (tertiary/aromatic N) is 1. The fourth-order valence-electron chi connectivity index (χ4n) is 3.47. The molecule has 1 unspecified atom stereocenters. The van der Waals surface area contributed by atoms with Crippen LogP contribution in [0.4, 0.5) is 0 Å². The first-order chi connectivity index (χ1) is 13.6. The van der Waals surface area contributed by atoms with Gasteiger partial charge >= 0.3 is 0 Å². The van der Waals surface area contributed by atoms with Crippen LogP contribution in [0.3, 0.4) is 0 Å². The molecule has 1 atom stereocenters. The maximum Gasteiger partial charge on any atom is 0.287 e. The first kappa shape index (κ1) is 19.8. The molecule has 0 aliphatic rings. The van der Waals surface area contributed by atoms with Crippen LogP contribution in [0.5, 0.6) is 0 Å². The lowest BCUT2D eigenvalue weighted by Crippen LogP contribution is -2.45. The lowest BCUT2D eigenvalue weighted by Gasteiger charge is -2.30. The molecule has 5 nitrogen and oxygen atoms in total. The van der Waals surface area contributed by atoms with Crippen LogP contribution >= 0.6 is 0 Å². The Labute approximate surface area is 165 Å². The van der Waals surface area contributed by atoms with Crippen LogP contribution in [0.25, 0.3) is 11.0 Å². The molecule has 1 amide bonds. The van der Waals surface area contributed by atoms with Crippen LogP contribution in [0.1, 0.15) is 30.0 Å². The summed E-state index contributed by atoms with van der Waals surface area (Å²) in [6, 6.07) is 18.6. The zero-order chi connectivity index (χ0) is 19.9. The minimum Gasteiger partial charge on any atom is -0.451 e. The number of carbonyl (C=O) groups excluding carboxylic acids is 1. The quantitative estimate of drug-likeness (QED) is 0.652. The van der Waals surface area contributed by atoms with Crippen LogP contribution in [0, 0.1) is 0 Å². The molecule has 1 aromatic heterocycles. The van der Waals surface area contributed by atoms with Crippen LogP contribution in [0.2, 0.25) is 0 Å². The fraction of sp³-hybridized carbons (Fsp3) is 0.304. The van der Waals surface area contributed by atoms with E-state index in [1.54, 1.807) is 24.3 Å². The molecule has 0 spiro atoms. The third kappa shape index (κ3) is 4.67. The van der Waals surface area contributed by atoms with Gasteiger partial charge in [-0.2, -0.15) is 0 Å². The molecule has 0 bridgehead atoms. The van der Waals surface area contributed by atoms with Crippen LogP contribution in [-0.4, -0.2) is 36.5 Å². The summed E-state index contributed by atoms with van der Waals surface area (Å²) in [5.74, 6) is -0.324. The van der Waals surface area contributed by atoms with E-state index in [9.17, 15) is 9.59 Å². The van der Waals surface area contributed by atoms with E-state index >= 15 is 0 Å². The highest BCUT2D eigenvalue weighted by Gasteiger charge is 2.19. The summed E-state index contributed by atoms with van der Waals surface area (Å²) < 4.78 is 5.64. The second-order valence-electron chi connectivity index (χ2n) is 6.75. The Balaban J connectivity index is 1.75. The van der Waals surface area contributed by atoms with Crippen LogP contribution in [-0.2, 0) is 6.42 Å². The van der Waals surface area contributed by atoms with Gasteiger partial charge in [-0.25, -0.2) is 0 Å². The minimum atomic E-state index is -0.368. The molecule has 28 heavy (non-hydrogen) atoms. The Kier molecular flexibility index (Phi) is 6.61. The van der Waals surface area contributed by atoms with Gasteiger partial charge in [-0.15, -0.1) is 0 Å². The number of hydrogen-bond donors (Lipinski definition) is 1. The molecule has 3 rings (SSSR count). The van der Waals surface area contributed by atoms with Gasteiger partial charge in [0, 0.05) is 18.7 Å². The molecule has 1 N–H and O–H groups in total. The fourth-order valence-corrected chi connectivity index (χ4v) is 3.47. The van der Waals surface area contributed by atoms with Crippen molar-refractivity contribution in [1.82, 2.24) is 10.2 Å². The molecule has 5 heteroatoms. The highest BCUT2D eigenvalue weighted by atomic mass is 16.3. The summed E-state index contributed by atoms with van der Waals surface area (Å²) in [6.07, 6.45) is 0.838. The molecule has 146 valence electrons. The first-order valence-corrected chi connectivity index (χ1v) is 9.71. The molecule has 1 heterocycles. The van der Waals surface area contributed by atoms with Crippen molar-refractivity contribution in [2.45, 2.75) is 26.3 Å². The van der Waals surface area contributed by atoms with Crippen LogP contribution < -0.4 is 10.7 Å². The van der Waals surface area contributed by atoms with Crippen molar-refractivity contribution in [3.05, 3.63) is 82.2 Å². The Morgan fingerprint density at radius 2 is 1.71 bits per heavy atom. The maximum atomic E-state index is 12.6. The predicted molar refractivity (Wildman–Crippen MR) is 112 cm³/mol. The van der Waals surface area contributed by atoms with Crippen molar-refractivity contribution in [1.29, 1.82) is 0 Å². The number of para-hydroxylation sites is 1. The lowest BCUT2D eigenvalue weighted by molar-refractivity contribution is 0.0907. The van der Waals surface area contributed by atoms with Gasteiger partial charge in [-0.1, -0.05) is 56.3 Å². The van der Waals surface area contributed by atoms with Crippen molar-refractivity contribution in [3.63, 3.8) is 0 Å². The average molecular weight is 378 g/mol. The predicted octanol–water partition coefficient (Wildman–Crippen LogP) is 3.48. The molecule has 0 fully saturated rings. The maximum absolute atomic E-state index is 12.6. The second kappa shape index (κ2) is 9.33. The van der Waals surface area contributed by atoms with E-state index in [1.165, 1.54) is 11.6 Å². The summed E-state index contributed by atoms with van der Waals surface area (Å²) in [7, 11) is 0. The highest BCUT2D eigenvalue weighted by molar-refractivity contribution is 5.93. The summed E-state index contributed by atoms with van der Waals surface area (Å²) in [4.78, 5) is 27.2. The van der Waals surface area contributed by atoms with E-state index < -0.39 is 0 Å². The smallest absolute Gasteiger partial charge is 0.287 e. The Morgan fingerprint density at radius 1 is 1.04 bits per heavy atom. The number of amides is 1. The Morgan fingerprint density at radius 3 is 2.43 bits per heavy atom. The SMILES string of the molecule is CCN(CC)C(CNC(=O)c1cc(=O)c2ccccc2o1)Cc1ccccc1. The minimum absolute atomic E-state index is 0.0432. The van der Waals surface area contributed by atoms with Crippen molar-refractivity contribution in [2.75, 3.05) is 19.6 Å². The van der Waals surface area contributed by atoms with E-state index in [-0.39, 0.29) is 23.1 Å². The van der Waals surface area contributed by atoms with Crippen molar-refractivity contribution in [2.24, 2.45) is 0 Å². The topological polar surface area (TPSA) is 62.6 Å². The molecule has 0 saturated carbocycles. The Bertz CT molecular complexity index is 978. The van der Waals surface area contributed by atoms with Crippen molar-refractivity contribution in [3.8, 4) is 0 Å². The molecule has 2 aromatic carbocycles. The first-order valence-electron chi connectivity index (χ1n) is 9.71. The van der Waals surface area contributed by atoms with Crippen LogP contribution in [0.15, 0.2) is 69.9 Å². The van der Waals surface area contributed by atoms with Gasteiger partial charge in [0.15, 0.2) is 11.2 Å². The second-order valence-corrected chi connectivity index (χ2v) is 6.75. The van der Waals surface area contributed by atoms with Gasteiger partial charge in [0.05, 0.1) is 5.39 Å². The van der Waals surface area contributed by atoms with E-state index in [0.717, 1.165) is 19.5 Å². The standard InChI is InChI=1S/C23H26N2O3/c1-3-25(4-2)18(14-17-10-6-5-7-11-17)16-24-23(27)22-15-20(26)19-12-8-9-13-21(19)28-22/h5-13,15,18H,3-4,14,16H2,1-2H3,(H,24,27). The number of rotatable bonds is 8. The normalized spacial score (nSPS) is 12.2. The van der Waals surface area contributed by atoms with Gasteiger partial charge in [0.2, 0.25) is 0 Å². The molecule has 0 aliphatic heterocycles. The van der Waals surface area contributed by atoms with E-state index in [4.69, 9.17) is 4.42 Å². The number of hydrogen-bond acceptors (Lipinski definition) is 4. The number of fused-ring (bicyclic) bond motifs is 1. The van der Waals surface area contributed by atoms with Gasteiger partial charge < -0.3 is 9.73 Å². The summed E-state index contributed by atoms with van der Waals surface area (Å²) in [5, 5.41) is 3.42.